The molecule has 2 rings (SSSR count). The van der Waals surface area contributed by atoms with Gasteiger partial charge in [0.1, 0.15) is 0 Å². The van der Waals surface area contributed by atoms with Crippen LogP contribution in [0, 0.1) is 24.7 Å². The van der Waals surface area contributed by atoms with Crippen LogP contribution in [-0.2, 0) is 15.3 Å². The highest BCUT2D eigenvalue weighted by molar-refractivity contribution is 7.80. The third-order valence-electron chi connectivity index (χ3n) is 4.39. The zero-order valence-corrected chi connectivity index (χ0v) is 13.8. The normalized spacial score (nSPS) is 28.6. The van der Waals surface area contributed by atoms with Gasteiger partial charge in [-0.3, -0.25) is 4.18 Å². The molecule has 0 amide bonds. The molecule has 3 heteroatoms. The third-order valence-corrected chi connectivity index (χ3v) is 5.46. The predicted molar refractivity (Wildman–Crippen MR) is 83.8 cm³/mol. The summed E-state index contributed by atoms with van der Waals surface area (Å²) in [5.74, 6) is 1.79. The van der Waals surface area contributed by atoms with Crippen LogP contribution >= 0.6 is 0 Å². The Balaban J connectivity index is 2.05. The van der Waals surface area contributed by atoms with Crippen LogP contribution in [0.3, 0.4) is 0 Å². The second-order valence-electron chi connectivity index (χ2n) is 6.51. The standard InChI is InChI=1S/C17H26O2S/c1-12(2)16-10-7-14(4)11-17(16)19-20(18)15-8-5-13(3)6-9-15/h5-6,8-9,12,14,16-17H,7,10-11H2,1-4H3/t14-,16?,17+,20?/m1/s1. The summed E-state index contributed by atoms with van der Waals surface area (Å²) in [7, 11) is 0. The van der Waals surface area contributed by atoms with Gasteiger partial charge in [0.15, 0.2) is 11.1 Å². The minimum absolute atomic E-state index is 0.126. The monoisotopic (exact) mass is 294 g/mol. The smallest absolute Gasteiger partial charge is 0.189 e. The summed E-state index contributed by atoms with van der Waals surface area (Å²) < 4.78 is 18.3. The van der Waals surface area contributed by atoms with Crippen molar-refractivity contribution < 1.29 is 8.39 Å². The molecular weight excluding hydrogens is 268 g/mol. The summed E-state index contributed by atoms with van der Waals surface area (Å²) in [6, 6.07) is 7.78. The molecule has 0 bridgehead atoms. The summed E-state index contributed by atoms with van der Waals surface area (Å²) in [5, 5.41) is 0. The Hall–Kier alpha value is -0.670. The van der Waals surface area contributed by atoms with Gasteiger partial charge in [-0.25, -0.2) is 4.21 Å². The van der Waals surface area contributed by atoms with Crippen LogP contribution in [0.15, 0.2) is 29.2 Å². The van der Waals surface area contributed by atoms with Crippen molar-refractivity contribution >= 4 is 11.1 Å². The molecule has 1 aliphatic rings. The second-order valence-corrected chi connectivity index (χ2v) is 7.64. The van der Waals surface area contributed by atoms with Crippen LogP contribution in [0.1, 0.15) is 45.6 Å². The van der Waals surface area contributed by atoms with Crippen molar-refractivity contribution in [2.45, 2.75) is 58.0 Å². The molecule has 0 N–H and O–H groups in total. The zero-order valence-electron chi connectivity index (χ0n) is 13.0. The quantitative estimate of drug-likeness (QED) is 0.817. The summed E-state index contributed by atoms with van der Waals surface area (Å²) in [4.78, 5) is 0.774. The van der Waals surface area contributed by atoms with Crippen LogP contribution < -0.4 is 0 Å². The van der Waals surface area contributed by atoms with E-state index in [0.29, 0.717) is 17.8 Å². The summed E-state index contributed by atoms with van der Waals surface area (Å²) in [6.45, 7) is 8.78. The number of hydrogen-bond acceptors (Lipinski definition) is 2. The molecule has 0 saturated heterocycles. The number of aryl methyl sites for hydroxylation is 1. The first-order valence-corrected chi connectivity index (χ1v) is 8.70. The molecular formula is C17H26O2S. The van der Waals surface area contributed by atoms with Gasteiger partial charge in [-0.05, 0) is 49.7 Å². The molecule has 1 saturated carbocycles. The topological polar surface area (TPSA) is 26.3 Å². The molecule has 1 aromatic carbocycles. The highest BCUT2D eigenvalue weighted by Gasteiger charge is 2.33. The fourth-order valence-corrected chi connectivity index (χ4v) is 3.96. The highest BCUT2D eigenvalue weighted by Crippen LogP contribution is 2.36. The molecule has 1 aromatic rings. The van der Waals surface area contributed by atoms with Gasteiger partial charge in [0, 0.05) is 0 Å². The maximum Gasteiger partial charge on any atom is 0.189 e. The van der Waals surface area contributed by atoms with Crippen LogP contribution in [0.2, 0.25) is 0 Å². The molecule has 0 aromatic heterocycles. The predicted octanol–water partition coefficient (Wildman–Crippen LogP) is 4.50. The van der Waals surface area contributed by atoms with E-state index in [9.17, 15) is 4.21 Å². The van der Waals surface area contributed by atoms with Crippen LogP contribution in [-0.4, -0.2) is 10.3 Å². The SMILES string of the molecule is Cc1ccc(S(=O)O[C@H]2C[C@H](C)CCC2C(C)C)cc1. The van der Waals surface area contributed by atoms with E-state index in [-0.39, 0.29) is 6.10 Å². The highest BCUT2D eigenvalue weighted by atomic mass is 32.2. The van der Waals surface area contributed by atoms with Gasteiger partial charge in [-0.15, -0.1) is 0 Å². The summed E-state index contributed by atoms with van der Waals surface area (Å²) >= 11 is -1.34. The van der Waals surface area contributed by atoms with Crippen molar-refractivity contribution in [1.82, 2.24) is 0 Å². The van der Waals surface area contributed by atoms with Crippen LogP contribution in [0.5, 0.6) is 0 Å². The maximum absolute atomic E-state index is 12.4. The lowest BCUT2D eigenvalue weighted by Crippen LogP contribution is -2.34. The van der Waals surface area contributed by atoms with Crippen molar-refractivity contribution in [2.75, 3.05) is 0 Å². The van der Waals surface area contributed by atoms with Crippen molar-refractivity contribution in [3.8, 4) is 0 Å². The molecule has 1 aliphatic carbocycles. The molecule has 0 aliphatic heterocycles. The second kappa shape index (κ2) is 6.86. The first-order valence-electron chi connectivity index (χ1n) is 7.63. The molecule has 1 fully saturated rings. The van der Waals surface area contributed by atoms with Crippen LogP contribution in [0.25, 0.3) is 0 Å². The van der Waals surface area contributed by atoms with Crippen LogP contribution in [0.4, 0.5) is 0 Å². The average molecular weight is 294 g/mol. The third kappa shape index (κ3) is 3.92. The van der Waals surface area contributed by atoms with Gasteiger partial charge < -0.3 is 0 Å². The Bertz CT molecular complexity index is 453. The lowest BCUT2D eigenvalue weighted by Gasteiger charge is -2.36. The molecule has 2 unspecified atom stereocenters. The van der Waals surface area contributed by atoms with Crippen molar-refractivity contribution in [1.29, 1.82) is 0 Å². The van der Waals surface area contributed by atoms with Gasteiger partial charge in [0.2, 0.25) is 0 Å². The van der Waals surface area contributed by atoms with Gasteiger partial charge in [-0.1, -0.05) is 44.9 Å². The Morgan fingerprint density at radius 1 is 1.20 bits per heavy atom. The zero-order chi connectivity index (χ0) is 14.7. The van der Waals surface area contributed by atoms with Crippen molar-refractivity contribution in [2.24, 2.45) is 17.8 Å². The van der Waals surface area contributed by atoms with E-state index in [1.165, 1.54) is 18.4 Å². The molecule has 112 valence electrons. The van der Waals surface area contributed by atoms with Gasteiger partial charge in [-0.2, -0.15) is 0 Å². The first-order chi connectivity index (χ1) is 9.47. The Labute approximate surface area is 125 Å². The van der Waals surface area contributed by atoms with E-state index < -0.39 is 11.1 Å². The summed E-state index contributed by atoms with van der Waals surface area (Å²) in [6.07, 6.45) is 3.61. The lowest BCUT2D eigenvalue weighted by atomic mass is 9.75. The van der Waals surface area contributed by atoms with Crippen molar-refractivity contribution in [3.05, 3.63) is 29.8 Å². The van der Waals surface area contributed by atoms with Crippen molar-refractivity contribution in [3.63, 3.8) is 0 Å². The maximum atomic E-state index is 12.4. The fourth-order valence-electron chi connectivity index (χ4n) is 3.04. The molecule has 0 radical (unpaired) electrons. The van der Waals surface area contributed by atoms with E-state index in [2.05, 4.69) is 20.8 Å². The Kier molecular flexibility index (Phi) is 5.39. The Morgan fingerprint density at radius 3 is 2.45 bits per heavy atom. The van der Waals surface area contributed by atoms with E-state index in [1.807, 2.05) is 31.2 Å². The number of hydrogen-bond donors (Lipinski definition) is 0. The summed E-state index contributed by atoms with van der Waals surface area (Å²) in [5.41, 5.74) is 1.18. The average Bonchev–Trinajstić information content (AvgIpc) is 2.39. The van der Waals surface area contributed by atoms with Gasteiger partial charge in [0.25, 0.3) is 0 Å². The number of benzene rings is 1. The lowest BCUT2D eigenvalue weighted by molar-refractivity contribution is 0.0567. The first kappa shape index (κ1) is 15.7. The Morgan fingerprint density at radius 2 is 1.85 bits per heavy atom. The minimum Gasteiger partial charge on any atom is -0.283 e. The molecule has 2 nitrogen and oxygen atoms in total. The molecule has 0 heterocycles. The van der Waals surface area contributed by atoms with Gasteiger partial charge in [0.05, 0.1) is 11.0 Å². The molecule has 20 heavy (non-hydrogen) atoms. The molecule has 4 atom stereocenters. The minimum atomic E-state index is -1.34. The fraction of sp³-hybridized carbons (Fsp3) is 0.647. The van der Waals surface area contributed by atoms with E-state index in [0.717, 1.165) is 11.3 Å². The van der Waals surface area contributed by atoms with E-state index in [1.54, 1.807) is 0 Å². The van der Waals surface area contributed by atoms with E-state index >= 15 is 0 Å². The largest absolute Gasteiger partial charge is 0.283 e. The number of rotatable bonds is 4. The molecule has 0 spiro atoms. The van der Waals surface area contributed by atoms with Gasteiger partial charge >= 0.3 is 0 Å². The van der Waals surface area contributed by atoms with E-state index in [4.69, 9.17) is 4.18 Å².